The zero-order valence-electron chi connectivity index (χ0n) is 7.40. The van der Waals surface area contributed by atoms with Gasteiger partial charge in [-0.05, 0) is 28.1 Å². The molecule has 0 fully saturated rings. The Labute approximate surface area is 88.6 Å². The molecule has 0 N–H and O–H groups in total. The maximum Gasteiger partial charge on any atom is 0.338 e. The molecular formula is C9H7BrN2O2. The van der Waals surface area contributed by atoms with Gasteiger partial charge in [-0.1, -0.05) is 0 Å². The predicted octanol–water partition coefficient (Wildman–Crippen LogP) is 1.88. The van der Waals surface area contributed by atoms with Gasteiger partial charge < -0.3 is 9.14 Å². The molecular weight excluding hydrogens is 248 g/mol. The second-order valence-corrected chi connectivity index (χ2v) is 3.55. The van der Waals surface area contributed by atoms with Crippen LogP contribution in [0, 0.1) is 0 Å². The number of fused-ring (bicyclic) bond motifs is 1. The Balaban J connectivity index is 2.55. The molecule has 2 aromatic rings. The van der Waals surface area contributed by atoms with Crippen LogP contribution in [0.15, 0.2) is 29.1 Å². The average Bonchev–Trinajstić information content (AvgIpc) is 2.55. The van der Waals surface area contributed by atoms with Crippen molar-refractivity contribution in [2.24, 2.45) is 0 Å². The minimum Gasteiger partial charge on any atom is -0.465 e. The van der Waals surface area contributed by atoms with Crippen molar-refractivity contribution in [1.29, 1.82) is 0 Å². The molecule has 0 saturated heterocycles. The second-order valence-electron chi connectivity index (χ2n) is 2.74. The number of nitrogens with zero attached hydrogens (tertiary/aromatic N) is 2. The first-order chi connectivity index (χ1) is 6.70. The molecule has 0 bridgehead atoms. The van der Waals surface area contributed by atoms with E-state index >= 15 is 0 Å². The predicted molar refractivity (Wildman–Crippen MR) is 54.2 cm³/mol. The summed E-state index contributed by atoms with van der Waals surface area (Å²) in [4.78, 5) is 15.4. The highest BCUT2D eigenvalue weighted by Crippen LogP contribution is 2.12. The van der Waals surface area contributed by atoms with Crippen LogP contribution in [-0.4, -0.2) is 22.5 Å². The Morgan fingerprint density at radius 2 is 2.43 bits per heavy atom. The van der Waals surface area contributed by atoms with Crippen molar-refractivity contribution in [1.82, 2.24) is 9.38 Å². The van der Waals surface area contributed by atoms with Crippen LogP contribution in [0.25, 0.3) is 5.65 Å². The van der Waals surface area contributed by atoms with Gasteiger partial charge in [0.05, 0.1) is 12.7 Å². The molecule has 2 heterocycles. The zero-order chi connectivity index (χ0) is 10.1. The van der Waals surface area contributed by atoms with Gasteiger partial charge in [-0.3, -0.25) is 0 Å². The summed E-state index contributed by atoms with van der Waals surface area (Å²) >= 11 is 3.26. The lowest BCUT2D eigenvalue weighted by molar-refractivity contribution is 0.0600. The number of aromatic nitrogens is 2. The zero-order valence-corrected chi connectivity index (χ0v) is 8.98. The fourth-order valence-electron chi connectivity index (χ4n) is 1.20. The number of hydrogen-bond donors (Lipinski definition) is 0. The summed E-state index contributed by atoms with van der Waals surface area (Å²) in [5.74, 6) is -0.355. The second kappa shape index (κ2) is 3.42. The molecule has 14 heavy (non-hydrogen) atoms. The van der Waals surface area contributed by atoms with Crippen molar-refractivity contribution in [3.8, 4) is 0 Å². The third-order valence-electron chi connectivity index (χ3n) is 1.85. The topological polar surface area (TPSA) is 43.6 Å². The minimum absolute atomic E-state index is 0.355. The Bertz CT molecular complexity index is 493. The molecule has 0 aromatic carbocycles. The SMILES string of the molecule is COC(=O)c1ccn2cc(Br)nc2c1. The molecule has 0 aliphatic heterocycles. The lowest BCUT2D eigenvalue weighted by atomic mass is 10.3. The Kier molecular flexibility index (Phi) is 2.25. The van der Waals surface area contributed by atoms with Crippen molar-refractivity contribution < 1.29 is 9.53 Å². The first-order valence-electron chi connectivity index (χ1n) is 3.93. The van der Waals surface area contributed by atoms with E-state index in [4.69, 9.17) is 0 Å². The molecule has 2 rings (SSSR count). The fourth-order valence-corrected chi connectivity index (χ4v) is 1.60. The summed E-state index contributed by atoms with van der Waals surface area (Å²) in [6.07, 6.45) is 3.58. The van der Waals surface area contributed by atoms with Gasteiger partial charge in [0.1, 0.15) is 10.3 Å². The number of imidazole rings is 1. The molecule has 4 nitrogen and oxygen atoms in total. The van der Waals surface area contributed by atoms with E-state index in [1.165, 1.54) is 7.11 Å². The third-order valence-corrected chi connectivity index (χ3v) is 2.23. The smallest absolute Gasteiger partial charge is 0.338 e. The Hall–Kier alpha value is -1.36. The Morgan fingerprint density at radius 1 is 1.64 bits per heavy atom. The number of methoxy groups -OCH3 is 1. The molecule has 0 aliphatic carbocycles. The van der Waals surface area contributed by atoms with E-state index in [1.807, 2.05) is 10.6 Å². The van der Waals surface area contributed by atoms with Crippen LogP contribution in [0.2, 0.25) is 0 Å². The van der Waals surface area contributed by atoms with Crippen molar-refractivity contribution in [2.75, 3.05) is 7.11 Å². The van der Waals surface area contributed by atoms with Crippen molar-refractivity contribution in [3.63, 3.8) is 0 Å². The number of halogens is 1. The monoisotopic (exact) mass is 254 g/mol. The van der Waals surface area contributed by atoms with Gasteiger partial charge in [-0.25, -0.2) is 9.78 Å². The summed E-state index contributed by atoms with van der Waals surface area (Å²) in [6.45, 7) is 0. The minimum atomic E-state index is -0.355. The van der Waals surface area contributed by atoms with Gasteiger partial charge in [-0.2, -0.15) is 0 Å². The standard InChI is InChI=1S/C9H7BrN2O2/c1-14-9(13)6-2-3-12-5-7(10)11-8(12)4-6/h2-5H,1H3. The first kappa shape index (κ1) is 9.21. The van der Waals surface area contributed by atoms with Crippen LogP contribution < -0.4 is 0 Å². The van der Waals surface area contributed by atoms with Crippen molar-refractivity contribution >= 4 is 27.5 Å². The van der Waals surface area contributed by atoms with E-state index in [2.05, 4.69) is 25.7 Å². The molecule has 72 valence electrons. The van der Waals surface area contributed by atoms with Crippen LogP contribution in [0.5, 0.6) is 0 Å². The molecule has 0 amide bonds. The number of hydrogen-bond acceptors (Lipinski definition) is 3. The van der Waals surface area contributed by atoms with Crippen LogP contribution >= 0.6 is 15.9 Å². The highest BCUT2D eigenvalue weighted by molar-refractivity contribution is 9.10. The molecule has 0 atom stereocenters. The molecule has 0 radical (unpaired) electrons. The van der Waals surface area contributed by atoms with Crippen molar-refractivity contribution in [2.45, 2.75) is 0 Å². The van der Waals surface area contributed by atoms with Crippen molar-refractivity contribution in [3.05, 3.63) is 34.7 Å². The lowest BCUT2D eigenvalue weighted by Crippen LogP contribution is -2.01. The number of rotatable bonds is 1. The molecule has 0 saturated carbocycles. The van der Waals surface area contributed by atoms with Crippen LogP contribution in [0.4, 0.5) is 0 Å². The fraction of sp³-hybridized carbons (Fsp3) is 0.111. The summed E-state index contributed by atoms with van der Waals surface area (Å²) < 4.78 is 7.16. The third kappa shape index (κ3) is 1.50. The highest BCUT2D eigenvalue weighted by Gasteiger charge is 2.06. The van der Waals surface area contributed by atoms with Gasteiger partial charge in [0.2, 0.25) is 0 Å². The first-order valence-corrected chi connectivity index (χ1v) is 4.72. The van der Waals surface area contributed by atoms with E-state index in [0.29, 0.717) is 11.2 Å². The van der Waals surface area contributed by atoms with Crippen LogP contribution in [0.1, 0.15) is 10.4 Å². The summed E-state index contributed by atoms with van der Waals surface area (Å²) in [7, 11) is 1.36. The molecule has 0 aliphatic rings. The van der Waals surface area contributed by atoms with E-state index in [1.54, 1.807) is 18.3 Å². The number of carbonyl (C=O) groups is 1. The maximum absolute atomic E-state index is 11.2. The summed E-state index contributed by atoms with van der Waals surface area (Å²) in [6, 6.07) is 3.36. The van der Waals surface area contributed by atoms with Gasteiger partial charge in [0.25, 0.3) is 0 Å². The average molecular weight is 255 g/mol. The molecule has 0 spiro atoms. The van der Waals surface area contributed by atoms with Crippen LogP contribution in [-0.2, 0) is 4.74 Å². The van der Waals surface area contributed by atoms with Gasteiger partial charge in [0, 0.05) is 12.4 Å². The van der Waals surface area contributed by atoms with E-state index in [0.717, 1.165) is 4.60 Å². The molecule has 5 heteroatoms. The number of pyridine rings is 1. The summed E-state index contributed by atoms with van der Waals surface area (Å²) in [5.41, 5.74) is 1.21. The van der Waals surface area contributed by atoms with Gasteiger partial charge in [-0.15, -0.1) is 0 Å². The van der Waals surface area contributed by atoms with Gasteiger partial charge >= 0.3 is 5.97 Å². The van der Waals surface area contributed by atoms with Crippen LogP contribution in [0.3, 0.4) is 0 Å². The molecule has 0 unspecified atom stereocenters. The largest absolute Gasteiger partial charge is 0.465 e. The molecule has 2 aromatic heterocycles. The summed E-state index contributed by atoms with van der Waals surface area (Å²) in [5, 5.41) is 0. The number of carbonyl (C=O) groups excluding carboxylic acids is 1. The number of ether oxygens (including phenoxy) is 1. The number of esters is 1. The van der Waals surface area contributed by atoms with Gasteiger partial charge in [0.15, 0.2) is 0 Å². The van der Waals surface area contributed by atoms with E-state index < -0.39 is 0 Å². The van der Waals surface area contributed by atoms with E-state index in [9.17, 15) is 4.79 Å². The normalized spacial score (nSPS) is 10.4. The maximum atomic E-state index is 11.2. The highest BCUT2D eigenvalue weighted by atomic mass is 79.9. The van der Waals surface area contributed by atoms with E-state index in [-0.39, 0.29) is 5.97 Å². The Morgan fingerprint density at radius 3 is 3.14 bits per heavy atom. The lowest BCUT2D eigenvalue weighted by Gasteiger charge is -1.98. The quantitative estimate of drug-likeness (QED) is 0.731.